The van der Waals surface area contributed by atoms with Crippen molar-refractivity contribution in [3.63, 3.8) is 0 Å². The van der Waals surface area contributed by atoms with Gasteiger partial charge in [0.15, 0.2) is 5.65 Å². The van der Waals surface area contributed by atoms with Crippen molar-refractivity contribution in [2.24, 2.45) is 0 Å². The molecule has 2 aromatic carbocycles. The molecule has 0 unspecified atom stereocenters. The van der Waals surface area contributed by atoms with Crippen LogP contribution in [-0.2, 0) is 10.0 Å². The lowest BCUT2D eigenvalue weighted by Crippen LogP contribution is -2.33. The predicted octanol–water partition coefficient (Wildman–Crippen LogP) is 1.22. The Balaban J connectivity index is 1.61. The zero-order valence-electron chi connectivity index (χ0n) is 16.6. The van der Waals surface area contributed by atoms with Crippen molar-refractivity contribution in [3.05, 3.63) is 83.0 Å². The first kappa shape index (κ1) is 20.4. The van der Waals surface area contributed by atoms with Crippen LogP contribution >= 0.6 is 0 Å². The summed E-state index contributed by atoms with van der Waals surface area (Å²) in [6.07, 6.45) is 2.59. The second-order valence-corrected chi connectivity index (χ2v) is 8.95. The number of hydrogen-bond donors (Lipinski definition) is 1. The van der Waals surface area contributed by atoms with Crippen LogP contribution < -0.4 is 11.0 Å². The molecule has 0 atom stereocenters. The molecule has 0 aliphatic heterocycles. The van der Waals surface area contributed by atoms with Gasteiger partial charge in [0.1, 0.15) is 11.7 Å². The normalized spacial score (nSPS) is 11.7. The fourth-order valence-corrected chi connectivity index (χ4v) is 3.81. The van der Waals surface area contributed by atoms with Gasteiger partial charge in [-0.05, 0) is 36.4 Å². The van der Waals surface area contributed by atoms with Gasteiger partial charge in [0, 0.05) is 19.7 Å². The first-order chi connectivity index (χ1) is 14.8. The molecular formula is C20H18N6O4S. The van der Waals surface area contributed by atoms with Crippen LogP contribution in [0.25, 0.3) is 16.7 Å². The average Bonchev–Trinajstić information content (AvgIpc) is 3.21. The summed E-state index contributed by atoms with van der Waals surface area (Å²) < 4.78 is 27.9. The Morgan fingerprint density at radius 1 is 1.03 bits per heavy atom. The summed E-state index contributed by atoms with van der Waals surface area (Å²) in [6.45, 7) is 0. The SMILES string of the molecule is CN(C)S(=O)(=O)c1ccc(C(=O)Nn2cnc3c(cnn3-c3ccccc3)c2=O)cc1. The van der Waals surface area contributed by atoms with E-state index in [9.17, 15) is 18.0 Å². The first-order valence-electron chi connectivity index (χ1n) is 9.14. The standard InChI is InChI=1S/C20H18N6O4S/c1-24(2)31(29,30)16-10-8-14(9-11-16)19(27)23-25-13-21-18-17(20(25)28)12-22-26(18)15-6-4-3-5-7-15/h3-13H,1-2H3,(H,23,27). The summed E-state index contributed by atoms with van der Waals surface area (Å²) in [5.41, 5.74) is 3.26. The molecular weight excluding hydrogens is 420 g/mol. The van der Waals surface area contributed by atoms with Crippen molar-refractivity contribution in [1.82, 2.24) is 23.7 Å². The fraction of sp³-hybridized carbons (Fsp3) is 0.100. The van der Waals surface area contributed by atoms with Crippen LogP contribution in [0.15, 0.2) is 76.8 Å². The van der Waals surface area contributed by atoms with Gasteiger partial charge in [0.25, 0.3) is 11.5 Å². The number of nitrogens with zero attached hydrogens (tertiary/aromatic N) is 5. The van der Waals surface area contributed by atoms with Crippen molar-refractivity contribution in [2.45, 2.75) is 4.90 Å². The maximum atomic E-state index is 12.8. The van der Waals surface area contributed by atoms with E-state index in [1.807, 2.05) is 30.3 Å². The Bertz CT molecular complexity index is 1420. The summed E-state index contributed by atoms with van der Waals surface area (Å²) in [4.78, 5) is 29.6. The molecule has 4 rings (SSSR count). The second-order valence-electron chi connectivity index (χ2n) is 6.80. The van der Waals surface area contributed by atoms with Crippen LogP contribution in [0.5, 0.6) is 0 Å². The Morgan fingerprint density at radius 3 is 2.35 bits per heavy atom. The van der Waals surface area contributed by atoms with Gasteiger partial charge in [-0.2, -0.15) is 5.10 Å². The summed E-state index contributed by atoms with van der Waals surface area (Å²) in [5.74, 6) is -0.590. The quantitative estimate of drug-likeness (QED) is 0.500. The van der Waals surface area contributed by atoms with Gasteiger partial charge in [-0.15, -0.1) is 0 Å². The zero-order valence-corrected chi connectivity index (χ0v) is 17.4. The number of amides is 1. The average molecular weight is 438 g/mol. The Kier molecular flexibility index (Phi) is 5.13. The highest BCUT2D eigenvalue weighted by Crippen LogP contribution is 2.15. The molecule has 2 aromatic heterocycles. The van der Waals surface area contributed by atoms with E-state index in [0.717, 1.165) is 14.7 Å². The highest BCUT2D eigenvalue weighted by molar-refractivity contribution is 7.89. The second kappa shape index (κ2) is 7.78. The molecule has 1 amide bonds. The third-order valence-corrected chi connectivity index (χ3v) is 6.44. The number of aromatic nitrogens is 4. The van der Waals surface area contributed by atoms with E-state index in [1.54, 1.807) is 0 Å². The molecule has 0 saturated carbocycles. The van der Waals surface area contributed by atoms with Gasteiger partial charge in [0.05, 0.1) is 16.8 Å². The van der Waals surface area contributed by atoms with Crippen molar-refractivity contribution >= 4 is 27.0 Å². The molecule has 0 radical (unpaired) electrons. The van der Waals surface area contributed by atoms with Gasteiger partial charge in [0.2, 0.25) is 10.0 Å². The predicted molar refractivity (Wildman–Crippen MR) is 114 cm³/mol. The number of benzene rings is 2. The maximum Gasteiger partial charge on any atom is 0.283 e. The lowest BCUT2D eigenvalue weighted by molar-refractivity contribution is 0.101. The molecule has 11 heteroatoms. The molecule has 0 saturated heterocycles. The summed E-state index contributed by atoms with van der Waals surface area (Å²) in [5, 5.41) is 4.45. The Morgan fingerprint density at radius 2 is 1.71 bits per heavy atom. The maximum absolute atomic E-state index is 12.8. The van der Waals surface area contributed by atoms with Gasteiger partial charge in [-0.1, -0.05) is 18.2 Å². The van der Waals surface area contributed by atoms with Crippen molar-refractivity contribution in [3.8, 4) is 5.69 Å². The van der Waals surface area contributed by atoms with Crippen LogP contribution in [-0.4, -0.2) is 52.2 Å². The lowest BCUT2D eigenvalue weighted by Gasteiger charge is -2.12. The highest BCUT2D eigenvalue weighted by atomic mass is 32.2. The third kappa shape index (κ3) is 3.71. The van der Waals surface area contributed by atoms with Crippen molar-refractivity contribution < 1.29 is 13.2 Å². The van der Waals surface area contributed by atoms with E-state index in [0.29, 0.717) is 5.65 Å². The number of carbonyl (C=O) groups is 1. The number of carbonyl (C=O) groups excluding carboxylic acids is 1. The summed E-state index contributed by atoms with van der Waals surface area (Å²) in [6, 6.07) is 14.6. The summed E-state index contributed by atoms with van der Waals surface area (Å²) >= 11 is 0. The van der Waals surface area contributed by atoms with Crippen LogP contribution in [0, 0.1) is 0 Å². The van der Waals surface area contributed by atoms with Gasteiger partial charge in [-0.3, -0.25) is 15.0 Å². The molecule has 0 aliphatic rings. The van der Waals surface area contributed by atoms with Crippen LogP contribution in [0.1, 0.15) is 10.4 Å². The number of hydrogen-bond acceptors (Lipinski definition) is 6. The van der Waals surface area contributed by atoms with Gasteiger partial charge in [-0.25, -0.2) is 27.1 Å². The van der Waals surface area contributed by atoms with Crippen molar-refractivity contribution in [1.29, 1.82) is 0 Å². The molecule has 4 aromatic rings. The van der Waals surface area contributed by atoms with E-state index in [-0.39, 0.29) is 15.8 Å². The topological polar surface area (TPSA) is 119 Å². The van der Waals surface area contributed by atoms with Gasteiger partial charge < -0.3 is 0 Å². The van der Waals surface area contributed by atoms with E-state index in [1.165, 1.54) is 55.6 Å². The van der Waals surface area contributed by atoms with E-state index >= 15 is 0 Å². The minimum absolute atomic E-state index is 0.0580. The Hall–Kier alpha value is -3.83. The van der Waals surface area contributed by atoms with Crippen LogP contribution in [0.4, 0.5) is 0 Å². The molecule has 0 bridgehead atoms. The third-order valence-electron chi connectivity index (χ3n) is 4.61. The molecule has 158 valence electrons. The number of para-hydroxylation sites is 1. The van der Waals surface area contributed by atoms with Crippen LogP contribution in [0.2, 0.25) is 0 Å². The molecule has 10 nitrogen and oxygen atoms in total. The molecule has 1 N–H and O–H groups in total. The molecule has 0 aliphatic carbocycles. The minimum atomic E-state index is -3.60. The Labute approximate surface area is 177 Å². The molecule has 0 fully saturated rings. The van der Waals surface area contributed by atoms with Crippen molar-refractivity contribution in [2.75, 3.05) is 19.5 Å². The van der Waals surface area contributed by atoms with E-state index < -0.39 is 21.5 Å². The molecule has 0 spiro atoms. The monoisotopic (exact) mass is 438 g/mol. The number of rotatable bonds is 5. The molecule has 31 heavy (non-hydrogen) atoms. The fourth-order valence-electron chi connectivity index (χ4n) is 2.91. The highest BCUT2D eigenvalue weighted by Gasteiger charge is 2.18. The number of fused-ring (bicyclic) bond motifs is 1. The van der Waals surface area contributed by atoms with Gasteiger partial charge >= 0.3 is 0 Å². The zero-order chi connectivity index (χ0) is 22.2. The number of sulfonamides is 1. The smallest absolute Gasteiger partial charge is 0.267 e. The first-order valence-corrected chi connectivity index (χ1v) is 10.6. The van der Waals surface area contributed by atoms with Crippen LogP contribution in [0.3, 0.4) is 0 Å². The lowest BCUT2D eigenvalue weighted by atomic mass is 10.2. The molecule has 2 heterocycles. The largest absolute Gasteiger partial charge is 0.283 e. The minimum Gasteiger partial charge on any atom is -0.267 e. The number of nitrogens with one attached hydrogen (secondary N) is 1. The van der Waals surface area contributed by atoms with E-state index in [2.05, 4.69) is 15.5 Å². The van der Waals surface area contributed by atoms with E-state index in [4.69, 9.17) is 0 Å². The summed E-state index contributed by atoms with van der Waals surface area (Å²) in [7, 11) is -0.759.